The average molecular weight is 243 g/mol. The minimum atomic E-state index is -3.90. The Morgan fingerprint density at radius 3 is 2.44 bits per heavy atom. The van der Waals surface area contributed by atoms with Gasteiger partial charge in [-0.3, -0.25) is 8.98 Å². The SMILES string of the molecule is NS(=O)(=O)OCCCC(=O)c1ccccc1. The van der Waals surface area contributed by atoms with E-state index in [0.717, 1.165) is 0 Å². The van der Waals surface area contributed by atoms with Crippen molar-refractivity contribution >= 4 is 16.1 Å². The lowest BCUT2D eigenvalue weighted by atomic mass is 10.1. The van der Waals surface area contributed by atoms with Crippen molar-refractivity contribution in [3.63, 3.8) is 0 Å². The molecule has 0 saturated heterocycles. The molecule has 0 radical (unpaired) electrons. The van der Waals surface area contributed by atoms with E-state index in [2.05, 4.69) is 9.32 Å². The number of carbonyl (C=O) groups is 1. The van der Waals surface area contributed by atoms with Gasteiger partial charge in [-0.05, 0) is 6.42 Å². The quantitative estimate of drug-likeness (QED) is 0.593. The van der Waals surface area contributed by atoms with Crippen molar-refractivity contribution in [3.8, 4) is 0 Å². The number of nitrogens with two attached hydrogens (primary N) is 1. The molecule has 0 aliphatic heterocycles. The van der Waals surface area contributed by atoms with Gasteiger partial charge in [-0.1, -0.05) is 30.3 Å². The highest BCUT2D eigenvalue weighted by atomic mass is 32.2. The molecule has 2 N–H and O–H groups in total. The highest BCUT2D eigenvalue weighted by Crippen LogP contribution is 2.05. The van der Waals surface area contributed by atoms with E-state index in [0.29, 0.717) is 12.0 Å². The van der Waals surface area contributed by atoms with E-state index >= 15 is 0 Å². The van der Waals surface area contributed by atoms with E-state index in [1.165, 1.54) is 0 Å². The largest absolute Gasteiger partial charge is 0.333 e. The summed E-state index contributed by atoms with van der Waals surface area (Å²) < 4.78 is 25.1. The van der Waals surface area contributed by atoms with Crippen molar-refractivity contribution in [2.24, 2.45) is 5.14 Å². The Morgan fingerprint density at radius 2 is 1.88 bits per heavy atom. The first-order chi connectivity index (χ1) is 7.49. The zero-order valence-corrected chi connectivity index (χ0v) is 9.44. The van der Waals surface area contributed by atoms with E-state index in [9.17, 15) is 13.2 Å². The predicted molar refractivity (Wildman–Crippen MR) is 59.1 cm³/mol. The molecule has 1 aromatic rings. The Hall–Kier alpha value is -1.24. The van der Waals surface area contributed by atoms with Crippen LogP contribution in [0.3, 0.4) is 0 Å². The number of ketones is 1. The van der Waals surface area contributed by atoms with Gasteiger partial charge in [0.15, 0.2) is 5.78 Å². The summed E-state index contributed by atoms with van der Waals surface area (Å²) >= 11 is 0. The molecule has 5 nitrogen and oxygen atoms in total. The maximum Gasteiger partial charge on any atom is 0.333 e. The first-order valence-electron chi connectivity index (χ1n) is 4.74. The summed E-state index contributed by atoms with van der Waals surface area (Å²) in [5.74, 6) is -0.0429. The number of hydrogen-bond donors (Lipinski definition) is 1. The van der Waals surface area contributed by atoms with Gasteiger partial charge in [0.05, 0.1) is 6.61 Å². The molecular weight excluding hydrogens is 230 g/mol. The lowest BCUT2D eigenvalue weighted by molar-refractivity contribution is 0.0973. The van der Waals surface area contributed by atoms with Gasteiger partial charge in [0.2, 0.25) is 0 Å². The average Bonchev–Trinajstić information content (AvgIpc) is 2.24. The molecule has 1 rings (SSSR count). The van der Waals surface area contributed by atoms with E-state index in [1.807, 2.05) is 6.07 Å². The van der Waals surface area contributed by atoms with Crippen molar-refractivity contribution in [1.82, 2.24) is 0 Å². The van der Waals surface area contributed by atoms with Crippen molar-refractivity contribution in [3.05, 3.63) is 35.9 Å². The Morgan fingerprint density at radius 1 is 1.25 bits per heavy atom. The molecule has 0 aromatic heterocycles. The molecule has 0 amide bonds. The maximum atomic E-state index is 11.5. The third kappa shape index (κ3) is 5.01. The molecule has 0 aliphatic rings. The molecule has 1 aromatic carbocycles. The monoisotopic (exact) mass is 243 g/mol. The maximum absolute atomic E-state index is 11.5. The van der Waals surface area contributed by atoms with Crippen molar-refractivity contribution in [2.75, 3.05) is 6.61 Å². The summed E-state index contributed by atoms with van der Waals surface area (Å²) in [5.41, 5.74) is 0.609. The molecule has 0 heterocycles. The molecule has 6 heteroatoms. The molecular formula is C10H13NO4S. The van der Waals surface area contributed by atoms with Gasteiger partial charge < -0.3 is 0 Å². The van der Waals surface area contributed by atoms with Crippen LogP contribution in [-0.4, -0.2) is 20.8 Å². The van der Waals surface area contributed by atoms with Crippen LogP contribution in [0.15, 0.2) is 30.3 Å². The zero-order valence-electron chi connectivity index (χ0n) is 8.63. The summed E-state index contributed by atoms with van der Waals surface area (Å²) in [6.45, 7) is -0.0720. The van der Waals surface area contributed by atoms with Gasteiger partial charge >= 0.3 is 10.3 Å². The van der Waals surface area contributed by atoms with Crippen LogP contribution in [0.4, 0.5) is 0 Å². The lowest BCUT2D eigenvalue weighted by Crippen LogP contribution is -2.16. The van der Waals surface area contributed by atoms with Crippen LogP contribution in [0.1, 0.15) is 23.2 Å². The van der Waals surface area contributed by atoms with Gasteiger partial charge in [-0.15, -0.1) is 0 Å². The third-order valence-electron chi connectivity index (χ3n) is 1.89. The fourth-order valence-electron chi connectivity index (χ4n) is 1.18. The van der Waals surface area contributed by atoms with Crippen LogP contribution >= 0.6 is 0 Å². The fourth-order valence-corrected chi connectivity index (χ4v) is 1.53. The third-order valence-corrected chi connectivity index (χ3v) is 2.39. The molecule has 0 spiro atoms. The minimum absolute atomic E-state index is 0.0429. The van der Waals surface area contributed by atoms with Gasteiger partial charge in [0.1, 0.15) is 0 Å². The zero-order chi connectivity index (χ0) is 12.0. The number of hydrogen-bond acceptors (Lipinski definition) is 4. The first-order valence-corrected chi connectivity index (χ1v) is 6.21. The van der Waals surface area contributed by atoms with Crippen molar-refractivity contribution < 1.29 is 17.4 Å². The van der Waals surface area contributed by atoms with E-state index in [-0.39, 0.29) is 18.8 Å². The second-order valence-electron chi connectivity index (χ2n) is 3.21. The molecule has 88 valence electrons. The standard InChI is InChI=1S/C10H13NO4S/c11-16(13,14)15-8-4-7-10(12)9-5-2-1-3-6-9/h1-3,5-6H,4,7-8H2,(H2,11,13,14). The van der Waals surface area contributed by atoms with Crippen LogP contribution in [0, 0.1) is 0 Å². The Labute approximate surface area is 94.5 Å². The Bertz CT molecular complexity index is 441. The number of rotatable bonds is 6. The molecule has 0 atom stereocenters. The van der Waals surface area contributed by atoms with Crippen LogP contribution in [0.5, 0.6) is 0 Å². The number of Topliss-reactive ketones (excluding diaryl/α,β-unsaturated/α-hetero) is 1. The topological polar surface area (TPSA) is 86.5 Å². The molecule has 0 bridgehead atoms. The van der Waals surface area contributed by atoms with E-state index in [1.54, 1.807) is 24.3 Å². The van der Waals surface area contributed by atoms with Gasteiger partial charge in [0, 0.05) is 12.0 Å². The minimum Gasteiger partial charge on any atom is -0.294 e. The van der Waals surface area contributed by atoms with Crippen LogP contribution in [0.25, 0.3) is 0 Å². The molecule has 0 aliphatic carbocycles. The number of carbonyl (C=O) groups excluding carboxylic acids is 1. The van der Waals surface area contributed by atoms with Crippen molar-refractivity contribution in [2.45, 2.75) is 12.8 Å². The lowest BCUT2D eigenvalue weighted by Gasteiger charge is -2.01. The Balaban J connectivity index is 2.32. The van der Waals surface area contributed by atoms with Crippen molar-refractivity contribution in [1.29, 1.82) is 0 Å². The fraction of sp³-hybridized carbons (Fsp3) is 0.300. The molecule has 0 fully saturated rings. The van der Waals surface area contributed by atoms with E-state index < -0.39 is 10.3 Å². The van der Waals surface area contributed by atoms with Gasteiger partial charge in [0.25, 0.3) is 0 Å². The highest BCUT2D eigenvalue weighted by Gasteiger charge is 2.06. The van der Waals surface area contributed by atoms with E-state index in [4.69, 9.17) is 0 Å². The molecule has 16 heavy (non-hydrogen) atoms. The summed E-state index contributed by atoms with van der Waals surface area (Å²) in [6, 6.07) is 8.79. The van der Waals surface area contributed by atoms with Crippen LogP contribution in [0.2, 0.25) is 0 Å². The second kappa shape index (κ2) is 5.74. The summed E-state index contributed by atoms with van der Waals surface area (Å²) in [5, 5.41) is 4.63. The van der Waals surface area contributed by atoms with Crippen LogP contribution in [-0.2, 0) is 14.5 Å². The highest BCUT2D eigenvalue weighted by molar-refractivity contribution is 7.84. The smallest absolute Gasteiger partial charge is 0.294 e. The normalized spacial score (nSPS) is 11.3. The summed E-state index contributed by atoms with van der Waals surface area (Å²) in [4.78, 5) is 11.5. The second-order valence-corrected chi connectivity index (χ2v) is 4.43. The number of benzene rings is 1. The summed E-state index contributed by atoms with van der Waals surface area (Å²) in [7, 11) is -3.90. The summed E-state index contributed by atoms with van der Waals surface area (Å²) in [6.07, 6.45) is 0.559. The first kappa shape index (κ1) is 12.8. The van der Waals surface area contributed by atoms with Gasteiger partial charge in [-0.25, -0.2) is 5.14 Å². The van der Waals surface area contributed by atoms with Gasteiger partial charge in [-0.2, -0.15) is 8.42 Å². The molecule has 0 unspecified atom stereocenters. The predicted octanol–water partition coefficient (Wildman–Crippen LogP) is 0.870. The Kier molecular flexibility index (Phi) is 4.60. The molecule has 0 saturated carbocycles. The van der Waals surface area contributed by atoms with Crippen LogP contribution < -0.4 is 5.14 Å².